The van der Waals surface area contributed by atoms with Crippen LogP contribution in [0, 0.1) is 20.8 Å². The second-order valence-electron chi connectivity index (χ2n) is 6.44. The molecule has 1 aromatic carbocycles. The normalized spacial score (nSPS) is 16.7. The third kappa shape index (κ3) is 4.33. The molecule has 1 aliphatic heterocycles. The lowest BCUT2D eigenvalue weighted by Crippen LogP contribution is -2.32. The summed E-state index contributed by atoms with van der Waals surface area (Å²) in [7, 11) is 0. The highest BCUT2D eigenvalue weighted by Crippen LogP contribution is 2.21. The van der Waals surface area contributed by atoms with E-state index in [9.17, 15) is 4.79 Å². The molecule has 1 fully saturated rings. The molecule has 0 spiro atoms. The average molecular weight is 340 g/mol. The van der Waals surface area contributed by atoms with Crippen LogP contribution in [-0.4, -0.2) is 35.1 Å². The van der Waals surface area contributed by atoms with Gasteiger partial charge in [-0.2, -0.15) is 0 Å². The van der Waals surface area contributed by atoms with Gasteiger partial charge in [-0.1, -0.05) is 12.1 Å². The molecule has 3 rings (SSSR count). The van der Waals surface area contributed by atoms with Crippen LogP contribution in [0.4, 0.5) is 11.6 Å². The standard InChI is InChI=1S/C19H24N4O2/c1-12-6-4-8-16(14(12)3)22-19-21-13(2)10-17(23-19)18(24)20-11-15-7-5-9-25-15/h4,6,8,10,15H,5,7,9,11H2,1-3H3,(H,20,24)(H,21,22,23). The van der Waals surface area contributed by atoms with Gasteiger partial charge >= 0.3 is 0 Å². The number of aromatic nitrogens is 2. The van der Waals surface area contributed by atoms with Gasteiger partial charge in [0, 0.05) is 24.5 Å². The Bertz CT molecular complexity index is 770. The number of aryl methyl sites for hydroxylation is 2. The van der Waals surface area contributed by atoms with E-state index in [0.29, 0.717) is 18.2 Å². The fraction of sp³-hybridized carbons (Fsp3) is 0.421. The lowest BCUT2D eigenvalue weighted by molar-refractivity contribution is 0.0853. The van der Waals surface area contributed by atoms with Crippen molar-refractivity contribution in [3.8, 4) is 0 Å². The maximum atomic E-state index is 12.4. The maximum absolute atomic E-state index is 12.4. The first-order valence-corrected chi connectivity index (χ1v) is 8.61. The molecule has 25 heavy (non-hydrogen) atoms. The van der Waals surface area contributed by atoms with E-state index < -0.39 is 0 Å². The molecular formula is C19H24N4O2. The number of ether oxygens (including phenoxy) is 1. The number of hydrogen-bond donors (Lipinski definition) is 2. The van der Waals surface area contributed by atoms with Crippen LogP contribution in [0.15, 0.2) is 24.3 Å². The molecule has 1 atom stereocenters. The first-order chi connectivity index (χ1) is 12.0. The van der Waals surface area contributed by atoms with Gasteiger partial charge in [-0.15, -0.1) is 0 Å². The molecule has 0 radical (unpaired) electrons. The summed E-state index contributed by atoms with van der Waals surface area (Å²) in [6.07, 6.45) is 2.15. The van der Waals surface area contributed by atoms with Crippen LogP contribution in [0.2, 0.25) is 0 Å². The molecular weight excluding hydrogens is 316 g/mol. The van der Waals surface area contributed by atoms with Gasteiger partial charge in [-0.25, -0.2) is 9.97 Å². The summed E-state index contributed by atoms with van der Waals surface area (Å²) in [4.78, 5) is 21.2. The van der Waals surface area contributed by atoms with E-state index >= 15 is 0 Å². The first kappa shape index (κ1) is 17.4. The van der Waals surface area contributed by atoms with Crippen LogP contribution in [0.5, 0.6) is 0 Å². The van der Waals surface area contributed by atoms with Crippen molar-refractivity contribution in [2.24, 2.45) is 0 Å². The lowest BCUT2D eigenvalue weighted by atomic mass is 10.1. The Kier molecular flexibility index (Phi) is 5.28. The molecule has 1 saturated heterocycles. The molecule has 1 aliphatic rings. The third-order valence-electron chi connectivity index (χ3n) is 4.45. The van der Waals surface area contributed by atoms with Crippen LogP contribution in [-0.2, 0) is 4.74 Å². The van der Waals surface area contributed by atoms with E-state index in [2.05, 4.69) is 33.6 Å². The molecule has 2 heterocycles. The van der Waals surface area contributed by atoms with Gasteiger partial charge in [0.2, 0.25) is 5.95 Å². The zero-order chi connectivity index (χ0) is 17.8. The Labute approximate surface area is 148 Å². The topological polar surface area (TPSA) is 76.1 Å². The number of carbonyl (C=O) groups is 1. The Morgan fingerprint density at radius 3 is 2.88 bits per heavy atom. The highest BCUT2D eigenvalue weighted by Gasteiger charge is 2.18. The number of hydrogen-bond acceptors (Lipinski definition) is 5. The van der Waals surface area contributed by atoms with Crippen LogP contribution < -0.4 is 10.6 Å². The van der Waals surface area contributed by atoms with Gasteiger partial charge in [-0.3, -0.25) is 4.79 Å². The number of amides is 1. The van der Waals surface area contributed by atoms with Gasteiger partial charge in [0.05, 0.1) is 6.10 Å². The van der Waals surface area contributed by atoms with Crippen molar-refractivity contribution in [1.82, 2.24) is 15.3 Å². The minimum Gasteiger partial charge on any atom is -0.376 e. The number of rotatable bonds is 5. The van der Waals surface area contributed by atoms with E-state index in [1.165, 1.54) is 5.56 Å². The van der Waals surface area contributed by atoms with E-state index in [4.69, 9.17) is 4.74 Å². The Morgan fingerprint density at radius 2 is 2.12 bits per heavy atom. The van der Waals surface area contributed by atoms with E-state index in [1.54, 1.807) is 6.07 Å². The number of anilines is 2. The number of benzene rings is 1. The summed E-state index contributed by atoms with van der Waals surface area (Å²) in [5, 5.41) is 6.12. The first-order valence-electron chi connectivity index (χ1n) is 8.61. The highest BCUT2D eigenvalue weighted by atomic mass is 16.5. The largest absolute Gasteiger partial charge is 0.376 e. The van der Waals surface area contributed by atoms with Gasteiger partial charge in [0.15, 0.2) is 0 Å². The van der Waals surface area contributed by atoms with Crippen molar-refractivity contribution in [1.29, 1.82) is 0 Å². The average Bonchev–Trinajstić information content (AvgIpc) is 3.10. The highest BCUT2D eigenvalue weighted by molar-refractivity contribution is 5.92. The van der Waals surface area contributed by atoms with Crippen molar-refractivity contribution in [2.75, 3.05) is 18.5 Å². The number of nitrogens with one attached hydrogen (secondary N) is 2. The third-order valence-corrected chi connectivity index (χ3v) is 4.45. The summed E-state index contributed by atoms with van der Waals surface area (Å²) < 4.78 is 5.53. The van der Waals surface area contributed by atoms with Crippen LogP contribution in [0.3, 0.4) is 0 Å². The Morgan fingerprint density at radius 1 is 1.28 bits per heavy atom. The molecule has 0 saturated carbocycles. The fourth-order valence-corrected chi connectivity index (χ4v) is 2.85. The zero-order valence-electron chi connectivity index (χ0n) is 14.9. The second-order valence-corrected chi connectivity index (χ2v) is 6.44. The summed E-state index contributed by atoms with van der Waals surface area (Å²) in [6.45, 7) is 7.25. The monoisotopic (exact) mass is 340 g/mol. The van der Waals surface area contributed by atoms with Gasteiger partial charge in [0.1, 0.15) is 5.69 Å². The summed E-state index contributed by atoms with van der Waals surface area (Å²) in [5.41, 5.74) is 4.36. The summed E-state index contributed by atoms with van der Waals surface area (Å²) >= 11 is 0. The quantitative estimate of drug-likeness (QED) is 0.875. The second kappa shape index (κ2) is 7.61. The smallest absolute Gasteiger partial charge is 0.270 e. The molecule has 6 heteroatoms. The lowest BCUT2D eigenvalue weighted by Gasteiger charge is -2.13. The van der Waals surface area contributed by atoms with Crippen molar-refractivity contribution >= 4 is 17.5 Å². The minimum absolute atomic E-state index is 0.111. The number of carbonyl (C=O) groups excluding carboxylic acids is 1. The summed E-state index contributed by atoms with van der Waals surface area (Å²) in [6, 6.07) is 7.71. The summed E-state index contributed by atoms with van der Waals surface area (Å²) in [5.74, 6) is 0.223. The van der Waals surface area contributed by atoms with Crippen molar-refractivity contribution in [3.05, 3.63) is 46.8 Å². The zero-order valence-corrected chi connectivity index (χ0v) is 14.9. The van der Waals surface area contributed by atoms with Crippen LogP contribution >= 0.6 is 0 Å². The molecule has 1 unspecified atom stereocenters. The predicted octanol–water partition coefficient (Wildman–Crippen LogP) is 3.05. The van der Waals surface area contributed by atoms with Gasteiger partial charge in [0.25, 0.3) is 5.91 Å². The van der Waals surface area contributed by atoms with E-state index in [0.717, 1.165) is 36.4 Å². The number of nitrogens with zero attached hydrogens (tertiary/aromatic N) is 2. The minimum atomic E-state index is -0.204. The molecule has 2 N–H and O–H groups in total. The van der Waals surface area contributed by atoms with Crippen molar-refractivity contribution in [2.45, 2.75) is 39.7 Å². The molecule has 1 amide bonds. The molecule has 0 bridgehead atoms. The molecule has 132 valence electrons. The fourth-order valence-electron chi connectivity index (χ4n) is 2.85. The SMILES string of the molecule is Cc1cc(C(=O)NCC2CCCO2)nc(Nc2cccc(C)c2C)n1. The molecule has 2 aromatic rings. The van der Waals surface area contributed by atoms with E-state index in [1.807, 2.05) is 26.0 Å². The predicted molar refractivity (Wildman–Crippen MR) is 97.3 cm³/mol. The van der Waals surface area contributed by atoms with Crippen molar-refractivity contribution < 1.29 is 9.53 Å². The van der Waals surface area contributed by atoms with E-state index in [-0.39, 0.29) is 12.0 Å². The van der Waals surface area contributed by atoms with Gasteiger partial charge in [-0.05, 0) is 56.9 Å². The molecule has 1 aromatic heterocycles. The molecule has 0 aliphatic carbocycles. The van der Waals surface area contributed by atoms with Gasteiger partial charge < -0.3 is 15.4 Å². The maximum Gasteiger partial charge on any atom is 0.270 e. The van der Waals surface area contributed by atoms with Crippen LogP contribution in [0.25, 0.3) is 0 Å². The molecule has 6 nitrogen and oxygen atoms in total. The van der Waals surface area contributed by atoms with Crippen molar-refractivity contribution in [3.63, 3.8) is 0 Å². The van der Waals surface area contributed by atoms with Crippen LogP contribution in [0.1, 0.15) is 40.2 Å². The Balaban J connectivity index is 1.73. The Hall–Kier alpha value is -2.47.